The largest absolute Gasteiger partial charge is 0.369 e. The van der Waals surface area contributed by atoms with Gasteiger partial charge >= 0.3 is 6.03 Å². The molecule has 5 fully saturated rings. The van der Waals surface area contributed by atoms with Crippen molar-refractivity contribution in [3.05, 3.63) is 48.5 Å². The lowest BCUT2D eigenvalue weighted by molar-refractivity contribution is -0.0257. The van der Waals surface area contributed by atoms with Gasteiger partial charge in [0.1, 0.15) is 0 Å². The van der Waals surface area contributed by atoms with E-state index in [2.05, 4.69) is 45.4 Å². The molecule has 8 rings (SSSR count). The van der Waals surface area contributed by atoms with E-state index >= 15 is 0 Å². The molecule has 2 heterocycles. The number of nitrogens with two attached hydrogens (primary N) is 1. The first-order valence-corrected chi connectivity index (χ1v) is 16.6. The van der Waals surface area contributed by atoms with Gasteiger partial charge in [0.2, 0.25) is 10.0 Å². The van der Waals surface area contributed by atoms with Crippen LogP contribution in [0.5, 0.6) is 0 Å². The molecule has 0 spiro atoms. The fourth-order valence-corrected chi connectivity index (χ4v) is 9.33. The second-order valence-corrected chi connectivity index (χ2v) is 14.7. The summed E-state index contributed by atoms with van der Waals surface area (Å²) in [5.74, 6) is 1.75. The molecule has 40 heavy (non-hydrogen) atoms. The van der Waals surface area contributed by atoms with E-state index in [0.717, 1.165) is 47.9 Å². The average molecular weight is 565 g/mol. The zero-order valence-corrected chi connectivity index (χ0v) is 24.0. The van der Waals surface area contributed by atoms with Crippen LogP contribution < -0.4 is 25.8 Å². The summed E-state index contributed by atoms with van der Waals surface area (Å²) in [7, 11) is -3.14. The maximum absolute atomic E-state index is 13.7. The molecule has 5 atom stereocenters. The van der Waals surface area contributed by atoms with Crippen molar-refractivity contribution in [1.29, 1.82) is 0 Å². The highest BCUT2D eigenvalue weighted by Crippen LogP contribution is 2.54. The number of sulfonamides is 1. The van der Waals surface area contributed by atoms with Crippen molar-refractivity contribution in [2.24, 2.45) is 23.5 Å². The van der Waals surface area contributed by atoms with Crippen LogP contribution >= 0.6 is 0 Å². The molecule has 3 unspecified atom stereocenters. The Kier molecular flexibility index (Phi) is 6.29. The normalized spacial score (nSPS) is 31.8. The van der Waals surface area contributed by atoms with Crippen LogP contribution in [0, 0.1) is 17.8 Å². The van der Waals surface area contributed by atoms with Crippen molar-refractivity contribution in [2.75, 3.05) is 60.2 Å². The number of carbonyl (C=O) groups is 1. The number of hydrogen-bond acceptors (Lipinski definition) is 6. The van der Waals surface area contributed by atoms with E-state index in [0.29, 0.717) is 51.1 Å². The molecule has 2 amide bonds. The molecule has 6 aliphatic rings. The molecule has 0 radical (unpaired) electrons. The van der Waals surface area contributed by atoms with Gasteiger partial charge in [-0.05, 0) is 86.3 Å². The molecule has 2 aliphatic heterocycles. The summed E-state index contributed by atoms with van der Waals surface area (Å²) in [4.78, 5) is 20.1. The third-order valence-corrected chi connectivity index (χ3v) is 11.4. The van der Waals surface area contributed by atoms with Crippen LogP contribution in [0.3, 0.4) is 0 Å². The van der Waals surface area contributed by atoms with Crippen molar-refractivity contribution < 1.29 is 13.2 Å². The van der Waals surface area contributed by atoms with Crippen LogP contribution in [0.4, 0.5) is 27.5 Å². The zero-order valence-electron chi connectivity index (χ0n) is 23.2. The van der Waals surface area contributed by atoms with E-state index in [1.54, 1.807) is 4.31 Å². The van der Waals surface area contributed by atoms with Gasteiger partial charge in [-0.2, -0.15) is 4.31 Å². The highest BCUT2D eigenvalue weighted by Gasteiger charge is 2.54. The van der Waals surface area contributed by atoms with Crippen molar-refractivity contribution in [3.63, 3.8) is 0 Å². The smallest absolute Gasteiger partial charge is 0.322 e. The van der Waals surface area contributed by atoms with Crippen LogP contribution in [0.15, 0.2) is 48.5 Å². The summed E-state index contributed by atoms with van der Waals surface area (Å²) in [6, 6.07) is 16.9. The number of nitrogens with one attached hydrogen (secondary N) is 1. The van der Waals surface area contributed by atoms with Crippen LogP contribution in [-0.2, 0) is 10.0 Å². The van der Waals surface area contributed by atoms with Crippen LogP contribution in [0.2, 0.25) is 0 Å². The van der Waals surface area contributed by atoms with Gasteiger partial charge in [0, 0.05) is 62.2 Å². The molecule has 1 saturated heterocycles. The minimum atomic E-state index is -3.14. The summed E-state index contributed by atoms with van der Waals surface area (Å²) in [5.41, 5.74) is 10.9. The number of anilines is 4. The van der Waals surface area contributed by atoms with Crippen molar-refractivity contribution in [1.82, 2.24) is 9.62 Å². The molecule has 4 bridgehead atoms. The molecular weight excluding hydrogens is 524 g/mol. The number of nitrogens with zero attached hydrogens (tertiary/aromatic N) is 4. The van der Waals surface area contributed by atoms with E-state index in [4.69, 9.17) is 5.73 Å². The maximum atomic E-state index is 13.7. The van der Waals surface area contributed by atoms with Crippen LogP contribution in [-0.4, -0.2) is 75.9 Å². The van der Waals surface area contributed by atoms with Gasteiger partial charge in [0.25, 0.3) is 0 Å². The summed E-state index contributed by atoms with van der Waals surface area (Å²) >= 11 is 0. The molecule has 2 aromatic rings. The Balaban J connectivity index is 1.05. The summed E-state index contributed by atoms with van der Waals surface area (Å²) in [5, 5.41) is 3.47. The fourth-order valence-electron chi connectivity index (χ4n) is 8.51. The van der Waals surface area contributed by atoms with E-state index < -0.39 is 10.0 Å². The number of urea groups is 1. The topological polar surface area (TPSA) is 102 Å². The Labute approximate surface area is 237 Å². The number of amides is 2. The van der Waals surface area contributed by atoms with Gasteiger partial charge in [-0.15, -0.1) is 0 Å². The van der Waals surface area contributed by atoms with Crippen molar-refractivity contribution in [2.45, 2.75) is 43.7 Å². The van der Waals surface area contributed by atoms with Gasteiger partial charge in [-0.1, -0.05) is 12.1 Å². The van der Waals surface area contributed by atoms with Crippen LogP contribution in [0.25, 0.3) is 0 Å². The van der Waals surface area contributed by atoms with Gasteiger partial charge in [0.05, 0.1) is 17.6 Å². The summed E-state index contributed by atoms with van der Waals surface area (Å²) in [6.07, 6.45) is 6.92. The van der Waals surface area contributed by atoms with E-state index in [1.807, 2.05) is 23.1 Å². The minimum Gasteiger partial charge on any atom is -0.369 e. The summed E-state index contributed by atoms with van der Waals surface area (Å²) in [6.45, 7) is 3.70. The lowest BCUT2D eigenvalue weighted by Crippen LogP contribution is -2.65. The highest BCUT2D eigenvalue weighted by atomic mass is 32.2. The maximum Gasteiger partial charge on any atom is 0.322 e. The third kappa shape index (κ3) is 4.63. The Morgan fingerprint density at radius 2 is 1.48 bits per heavy atom. The first-order chi connectivity index (χ1) is 19.2. The number of benzene rings is 2. The standard InChI is InChI=1S/C30H40N6O3S/c1-40(38,39)34-12-10-33(11-13-34)24-6-8-25(9-7-24)35-14-15-36(27-5-3-2-4-26(27)35)29(37)32-28-22-16-21-17-23(28)20-30(31,18-21)19-22/h2-9,21-23,28H,10-20,31H2,1H3,(H,32,37)/t21?,22-,23+,28?,30?. The number of piperazine rings is 1. The zero-order chi connectivity index (χ0) is 27.6. The van der Waals surface area contributed by atoms with Crippen molar-refractivity contribution >= 4 is 38.8 Å². The molecule has 9 nitrogen and oxygen atoms in total. The molecule has 0 aromatic heterocycles. The predicted octanol–water partition coefficient (Wildman–Crippen LogP) is 3.34. The number of carbonyl (C=O) groups excluding carboxylic acids is 1. The number of rotatable bonds is 4. The monoisotopic (exact) mass is 564 g/mol. The van der Waals surface area contributed by atoms with Crippen molar-refractivity contribution in [3.8, 4) is 0 Å². The molecular formula is C30H40N6O3S. The van der Waals surface area contributed by atoms with Gasteiger partial charge in [0.15, 0.2) is 0 Å². The van der Waals surface area contributed by atoms with Crippen LogP contribution in [0.1, 0.15) is 32.1 Å². The lowest BCUT2D eigenvalue weighted by Gasteiger charge is -2.59. The number of fused-ring (bicyclic) bond motifs is 1. The SMILES string of the molecule is CS(=O)(=O)N1CCN(c2ccc(N3CCN(C(=O)NC4[C@@H]5CC6C[C@H]4CC(N)(C6)C5)c4ccccc43)cc2)CC1. The molecule has 3 N–H and O–H groups in total. The lowest BCUT2D eigenvalue weighted by atomic mass is 9.51. The predicted molar refractivity (Wildman–Crippen MR) is 159 cm³/mol. The first-order valence-electron chi connectivity index (χ1n) is 14.7. The molecule has 214 valence electrons. The molecule has 2 aromatic carbocycles. The molecule has 4 saturated carbocycles. The third-order valence-electron chi connectivity index (χ3n) is 10.1. The van der Waals surface area contributed by atoms with E-state index in [-0.39, 0.29) is 17.6 Å². The van der Waals surface area contributed by atoms with Gasteiger partial charge in [-0.25, -0.2) is 13.2 Å². The number of hydrogen-bond donors (Lipinski definition) is 2. The van der Waals surface area contributed by atoms with Gasteiger partial charge in [-0.3, -0.25) is 4.90 Å². The highest BCUT2D eigenvalue weighted by molar-refractivity contribution is 7.88. The average Bonchev–Trinajstić information content (AvgIpc) is 2.93. The number of para-hydroxylation sites is 2. The Bertz CT molecular complexity index is 1370. The quantitative estimate of drug-likeness (QED) is 0.591. The molecule has 4 aliphatic carbocycles. The Hall–Kier alpha value is -2.82. The molecule has 10 heteroatoms. The second-order valence-electron chi connectivity index (χ2n) is 12.8. The second kappa shape index (κ2) is 9.63. The Morgan fingerprint density at radius 1 is 0.850 bits per heavy atom. The van der Waals surface area contributed by atoms with E-state index in [1.165, 1.54) is 19.1 Å². The van der Waals surface area contributed by atoms with E-state index in [9.17, 15) is 13.2 Å². The minimum absolute atomic E-state index is 0.00396. The first kappa shape index (κ1) is 26.1. The fraction of sp³-hybridized carbons (Fsp3) is 0.567. The van der Waals surface area contributed by atoms with Gasteiger partial charge < -0.3 is 20.9 Å². The summed E-state index contributed by atoms with van der Waals surface area (Å²) < 4.78 is 25.3. The Morgan fingerprint density at radius 3 is 2.10 bits per heavy atom.